The van der Waals surface area contributed by atoms with Crippen molar-refractivity contribution >= 4 is 70.5 Å². The van der Waals surface area contributed by atoms with Crippen LogP contribution in [-0.4, -0.2) is 9.97 Å². The van der Waals surface area contributed by atoms with Crippen LogP contribution in [0.15, 0.2) is 188 Å². The molecule has 244 valence electrons. The van der Waals surface area contributed by atoms with Crippen LogP contribution in [0.4, 0.5) is 17.3 Å². The Hall–Kier alpha value is -6.62. The molecule has 0 radical (unpaired) electrons. The number of hydrogen-bond acceptors (Lipinski definition) is 4. The smallest absolute Gasteiger partial charge is 0.235 e. The summed E-state index contributed by atoms with van der Waals surface area (Å²) in [6, 6.07) is 66.7. The largest absolute Gasteiger partial charge is 0.279 e. The lowest BCUT2D eigenvalue weighted by Crippen LogP contribution is -2.14. The summed E-state index contributed by atoms with van der Waals surface area (Å²) in [6.07, 6.45) is 0. The highest BCUT2D eigenvalue weighted by Gasteiger charge is 2.21. The minimum atomic E-state index is 0.621. The Morgan fingerprint density at radius 2 is 0.962 bits per heavy atom. The molecule has 0 spiro atoms. The second-order valence-electron chi connectivity index (χ2n) is 13.0. The monoisotopic (exact) mass is 681 g/mol. The molecule has 3 nitrogen and oxygen atoms in total. The van der Waals surface area contributed by atoms with Crippen molar-refractivity contribution in [3.63, 3.8) is 0 Å². The summed E-state index contributed by atoms with van der Waals surface area (Å²) in [5.41, 5.74) is 9.58. The summed E-state index contributed by atoms with van der Waals surface area (Å²) in [5, 5.41) is 6.00. The molecular weight excluding hydrogens is 651 g/mol. The van der Waals surface area contributed by atoms with Crippen LogP contribution in [0.3, 0.4) is 0 Å². The molecule has 52 heavy (non-hydrogen) atoms. The van der Waals surface area contributed by atoms with Crippen molar-refractivity contribution in [2.75, 3.05) is 4.90 Å². The first-order chi connectivity index (χ1) is 25.8. The van der Waals surface area contributed by atoms with Crippen LogP contribution in [0.2, 0.25) is 0 Å². The fourth-order valence-electron chi connectivity index (χ4n) is 7.33. The van der Waals surface area contributed by atoms with Crippen molar-refractivity contribution < 1.29 is 0 Å². The normalized spacial score (nSPS) is 11.5. The van der Waals surface area contributed by atoms with Gasteiger partial charge in [-0.3, -0.25) is 4.90 Å². The van der Waals surface area contributed by atoms with Gasteiger partial charge in [0.05, 0.1) is 11.2 Å². The fourth-order valence-corrected chi connectivity index (χ4v) is 8.49. The molecule has 0 unspecified atom stereocenters. The SMILES string of the molecule is c1ccc(-c2ccc(N(c3ccc(-c4ccccc4)cc3)c3nc(-c4cccc5sc6cc7ccccc7cc6c45)c4ccccc4n3)cc2)cc1. The molecule has 4 heteroatoms. The van der Waals surface area contributed by atoms with Gasteiger partial charge in [-0.05, 0) is 81.6 Å². The molecule has 0 fully saturated rings. The Bertz CT molecular complexity index is 2800. The topological polar surface area (TPSA) is 29.0 Å². The molecule has 0 aliphatic rings. The molecule has 2 aromatic heterocycles. The number of para-hydroxylation sites is 1. The van der Waals surface area contributed by atoms with Gasteiger partial charge in [0.2, 0.25) is 5.95 Å². The first-order valence-corrected chi connectivity index (χ1v) is 18.3. The van der Waals surface area contributed by atoms with Crippen molar-refractivity contribution in [2.24, 2.45) is 0 Å². The van der Waals surface area contributed by atoms with Crippen molar-refractivity contribution in [3.05, 3.63) is 188 Å². The van der Waals surface area contributed by atoms with Crippen LogP contribution in [0.1, 0.15) is 0 Å². The van der Waals surface area contributed by atoms with E-state index in [-0.39, 0.29) is 0 Å². The van der Waals surface area contributed by atoms with Gasteiger partial charge in [0.15, 0.2) is 0 Å². The van der Waals surface area contributed by atoms with E-state index in [1.54, 1.807) is 0 Å². The van der Waals surface area contributed by atoms with Gasteiger partial charge < -0.3 is 0 Å². The van der Waals surface area contributed by atoms with Crippen LogP contribution in [0.5, 0.6) is 0 Å². The molecule has 0 saturated heterocycles. The van der Waals surface area contributed by atoms with Gasteiger partial charge in [0.25, 0.3) is 0 Å². The summed E-state index contributed by atoms with van der Waals surface area (Å²) in [4.78, 5) is 12.9. The molecule has 0 saturated carbocycles. The summed E-state index contributed by atoms with van der Waals surface area (Å²) in [7, 11) is 0. The van der Waals surface area contributed by atoms with Gasteiger partial charge in [0, 0.05) is 42.5 Å². The number of hydrogen-bond donors (Lipinski definition) is 0. The zero-order valence-corrected chi connectivity index (χ0v) is 29.0. The van der Waals surface area contributed by atoms with Crippen LogP contribution in [-0.2, 0) is 0 Å². The van der Waals surface area contributed by atoms with Gasteiger partial charge in [-0.25, -0.2) is 9.97 Å². The summed E-state index contributed by atoms with van der Waals surface area (Å²) < 4.78 is 2.52. The van der Waals surface area contributed by atoms with E-state index in [9.17, 15) is 0 Å². The molecule has 0 aliphatic heterocycles. The minimum absolute atomic E-state index is 0.621. The van der Waals surface area contributed by atoms with Crippen LogP contribution >= 0.6 is 11.3 Å². The molecule has 0 amide bonds. The molecule has 0 N–H and O–H groups in total. The standard InChI is InChI=1S/C48H31N3S/c1-3-12-32(13-4-1)34-22-26-38(27-23-34)51(39-28-24-35(25-29-39)33-14-5-2-6-15-33)48-49-43-20-10-9-18-40(43)47(50-48)41-19-11-21-44-46(41)42-30-36-16-7-8-17-37(36)31-45(42)52-44/h1-31H. The molecule has 2 heterocycles. The summed E-state index contributed by atoms with van der Waals surface area (Å²) in [5.74, 6) is 0.621. The third kappa shape index (κ3) is 5.29. The number of anilines is 3. The van der Waals surface area contributed by atoms with E-state index in [0.717, 1.165) is 44.7 Å². The fraction of sp³-hybridized carbons (Fsp3) is 0. The number of rotatable bonds is 6. The lowest BCUT2D eigenvalue weighted by molar-refractivity contribution is 1.11. The maximum Gasteiger partial charge on any atom is 0.235 e. The molecular formula is C48H31N3S. The number of aromatic nitrogens is 2. The Balaban J connectivity index is 1.19. The molecule has 0 aliphatic carbocycles. The highest BCUT2D eigenvalue weighted by atomic mass is 32.1. The van der Waals surface area contributed by atoms with E-state index in [4.69, 9.17) is 9.97 Å². The number of benzene rings is 8. The van der Waals surface area contributed by atoms with Gasteiger partial charge >= 0.3 is 0 Å². The molecule has 10 rings (SSSR count). The maximum atomic E-state index is 5.50. The van der Waals surface area contributed by atoms with Crippen molar-refractivity contribution in [3.8, 4) is 33.5 Å². The molecule has 8 aromatic carbocycles. The zero-order valence-electron chi connectivity index (χ0n) is 28.1. The first kappa shape index (κ1) is 30.2. The summed E-state index contributed by atoms with van der Waals surface area (Å²) >= 11 is 1.84. The molecule has 0 atom stereocenters. The van der Waals surface area contributed by atoms with E-state index >= 15 is 0 Å². The average Bonchev–Trinajstić information content (AvgIpc) is 3.58. The second kappa shape index (κ2) is 12.6. The summed E-state index contributed by atoms with van der Waals surface area (Å²) in [6.45, 7) is 0. The van der Waals surface area contributed by atoms with Gasteiger partial charge in [-0.15, -0.1) is 11.3 Å². The van der Waals surface area contributed by atoms with Crippen LogP contribution in [0.25, 0.3) is 75.4 Å². The Morgan fingerprint density at radius 3 is 1.62 bits per heavy atom. The minimum Gasteiger partial charge on any atom is -0.279 e. The van der Waals surface area contributed by atoms with E-state index in [1.165, 1.54) is 42.1 Å². The highest BCUT2D eigenvalue weighted by Crippen LogP contribution is 2.44. The lowest BCUT2D eigenvalue weighted by atomic mass is 9.99. The van der Waals surface area contributed by atoms with Crippen molar-refractivity contribution in [1.29, 1.82) is 0 Å². The quantitative estimate of drug-likeness (QED) is 0.175. The lowest BCUT2D eigenvalue weighted by Gasteiger charge is -2.25. The van der Waals surface area contributed by atoms with Crippen molar-refractivity contribution in [1.82, 2.24) is 9.97 Å². The predicted molar refractivity (Wildman–Crippen MR) is 221 cm³/mol. The number of nitrogens with zero attached hydrogens (tertiary/aromatic N) is 3. The van der Waals surface area contributed by atoms with Crippen molar-refractivity contribution in [2.45, 2.75) is 0 Å². The van der Waals surface area contributed by atoms with Crippen LogP contribution < -0.4 is 4.90 Å². The van der Waals surface area contributed by atoms with Crippen LogP contribution in [0, 0.1) is 0 Å². The van der Waals surface area contributed by atoms with Gasteiger partial charge in [-0.1, -0.05) is 140 Å². The van der Waals surface area contributed by atoms with Gasteiger partial charge in [-0.2, -0.15) is 0 Å². The third-order valence-electron chi connectivity index (χ3n) is 9.88. The average molecular weight is 682 g/mol. The first-order valence-electron chi connectivity index (χ1n) is 17.5. The number of fused-ring (bicyclic) bond motifs is 5. The van der Waals surface area contributed by atoms with Gasteiger partial charge in [0.1, 0.15) is 0 Å². The molecule has 10 aromatic rings. The Kier molecular flexibility index (Phi) is 7.33. The van der Waals surface area contributed by atoms with E-state index in [2.05, 4.69) is 193 Å². The van der Waals surface area contributed by atoms with E-state index < -0.39 is 0 Å². The zero-order chi connectivity index (χ0) is 34.4. The maximum absolute atomic E-state index is 5.50. The van der Waals surface area contributed by atoms with E-state index in [1.807, 2.05) is 11.3 Å². The molecule has 0 bridgehead atoms. The Labute approximate surface area is 305 Å². The highest BCUT2D eigenvalue weighted by molar-refractivity contribution is 7.26. The second-order valence-corrected chi connectivity index (χ2v) is 14.1. The third-order valence-corrected chi connectivity index (χ3v) is 11.0. The predicted octanol–water partition coefficient (Wildman–Crippen LogP) is 13.6. The number of thiophene rings is 1. The Morgan fingerprint density at radius 1 is 0.404 bits per heavy atom. The van der Waals surface area contributed by atoms with E-state index in [0.29, 0.717) is 5.95 Å².